The first-order valence-corrected chi connectivity index (χ1v) is 30.4. The van der Waals surface area contributed by atoms with Crippen LogP contribution in [-0.4, -0.2) is 208 Å². The van der Waals surface area contributed by atoms with Crippen LogP contribution in [0.2, 0.25) is 0 Å². The average molecular weight is 1210 g/mol. The molecule has 4 aliphatic heterocycles. The number of anilines is 2. The molecule has 4 fully saturated rings. The highest BCUT2D eigenvalue weighted by molar-refractivity contribution is 6.00. The number of aliphatic imine (C=N–C) groups is 1. The molecule has 0 spiro atoms. The first-order valence-electron chi connectivity index (χ1n) is 30.4. The predicted octanol–water partition coefficient (Wildman–Crippen LogP) is -0.499. The average Bonchev–Trinajstić information content (AvgIpc) is 2.50. The molecule has 0 aromatic heterocycles. The van der Waals surface area contributed by atoms with E-state index in [1.165, 1.54) is 70.6 Å². The number of nitrogens with zero attached hydrogens (tertiary/aromatic N) is 5. The minimum absolute atomic E-state index is 0.00853. The largest absolute Gasteiger partial charge is 0.506 e. The number of carbonyl (C=O) groups excluding carboxylic acids is 8. The van der Waals surface area contributed by atoms with Crippen molar-refractivity contribution >= 4 is 64.6 Å². The second-order valence-corrected chi connectivity index (χ2v) is 23.2. The normalized spacial score (nSPS) is 24.5. The van der Waals surface area contributed by atoms with Crippen LogP contribution in [0.5, 0.6) is 5.75 Å². The van der Waals surface area contributed by atoms with E-state index < -0.39 is 114 Å². The number of guanidine groups is 1. The molecule has 10 atom stereocenters. The van der Waals surface area contributed by atoms with Gasteiger partial charge in [-0.2, -0.15) is 0 Å². The van der Waals surface area contributed by atoms with E-state index in [1.807, 2.05) is 12.1 Å². The molecule has 26 heteroatoms. The molecular weight excluding hydrogens is 1120 g/mol. The third-order valence-corrected chi connectivity index (χ3v) is 16.5. The van der Waals surface area contributed by atoms with Crippen molar-refractivity contribution in [3.05, 3.63) is 77.9 Å². The van der Waals surface area contributed by atoms with E-state index in [0.29, 0.717) is 5.56 Å². The number of nitrogens with two attached hydrogens (primary N) is 3. The number of nitrogens with one attached hydrogen (secondary N) is 6. The smallest absolute Gasteiger partial charge is 0.251 e. The van der Waals surface area contributed by atoms with Gasteiger partial charge in [-0.05, 0) is 106 Å². The highest BCUT2D eigenvalue weighted by atomic mass is 16.3. The number of piperazine rings is 1. The Balaban J connectivity index is 1.11. The number of benzene rings is 3. The van der Waals surface area contributed by atoms with Crippen molar-refractivity contribution < 1.29 is 58.8 Å². The molecule has 7 rings (SSSR count). The standard InChI is InChI=1S/C61H88N14O12/c1-4-5-6-7-8-9-25-72-26-28-73(29-27-72)43-20-18-40(19-21-43)39-14-16-41(17-15-39)54(81)68-45-11-10-24-65-57(84)48-31-42(66-61(63)64)34-74(48)59(86)52(36(2)76)71-56(83)46(22-12-38-13-23-50(79)47(30-38)67-51(80)33-62)69-58(85)49-32-44(78)35-75(49)60(87)53(37(3)77)70-55(45)82/h13-21,23,30,36-37,42,44-46,48-49,52-53,76-79H,4-12,22,24-29,31-35,62H2,1-3H3,(H,65,84)(H,67,80)(H,68,81)(H,69,85)(H,70,82)(H,71,83)(H4,63,64,66)/t36-,37-,42+,44-,45+,46+,48+,49+,52+,53+/m1/s1. The number of phenolic OH excluding ortho intramolecular Hbond substituents is 1. The number of aliphatic hydroxyl groups excluding tert-OH is 3. The fourth-order valence-corrected chi connectivity index (χ4v) is 11.6. The lowest BCUT2D eigenvalue weighted by Crippen LogP contribution is -2.61. The molecular formula is C61H88N14O12. The van der Waals surface area contributed by atoms with Crippen LogP contribution in [0.25, 0.3) is 11.1 Å². The van der Waals surface area contributed by atoms with Crippen molar-refractivity contribution in [2.24, 2.45) is 22.2 Å². The molecule has 0 aliphatic carbocycles. The van der Waals surface area contributed by atoms with Gasteiger partial charge in [-0.1, -0.05) is 69.4 Å². The van der Waals surface area contributed by atoms with Crippen LogP contribution in [0.3, 0.4) is 0 Å². The van der Waals surface area contributed by atoms with Gasteiger partial charge in [-0.3, -0.25) is 43.3 Å². The summed E-state index contributed by atoms with van der Waals surface area (Å²) in [6.45, 7) is 8.63. The molecule has 4 saturated heterocycles. The number of carbonyl (C=O) groups is 8. The van der Waals surface area contributed by atoms with Crippen molar-refractivity contribution in [1.82, 2.24) is 41.3 Å². The Morgan fingerprint density at radius 3 is 1.98 bits per heavy atom. The van der Waals surface area contributed by atoms with Crippen molar-refractivity contribution in [2.75, 3.05) is 69.1 Å². The van der Waals surface area contributed by atoms with E-state index in [4.69, 9.17) is 17.2 Å². The number of aliphatic hydroxyl groups is 3. The Morgan fingerprint density at radius 2 is 1.34 bits per heavy atom. The fourth-order valence-electron chi connectivity index (χ4n) is 11.6. The molecule has 3 aromatic carbocycles. The van der Waals surface area contributed by atoms with E-state index in [0.717, 1.165) is 59.3 Å². The third-order valence-electron chi connectivity index (χ3n) is 16.5. The molecule has 3 aromatic rings. The second-order valence-electron chi connectivity index (χ2n) is 23.2. The lowest BCUT2D eigenvalue weighted by molar-refractivity contribution is -0.145. The Labute approximate surface area is 507 Å². The zero-order chi connectivity index (χ0) is 62.9. The van der Waals surface area contributed by atoms with Crippen LogP contribution in [-0.2, 0) is 40.0 Å². The van der Waals surface area contributed by atoms with Gasteiger partial charge in [0.25, 0.3) is 5.91 Å². The van der Waals surface area contributed by atoms with Gasteiger partial charge in [0.05, 0.1) is 36.6 Å². The molecule has 8 amide bonds. The van der Waals surface area contributed by atoms with Gasteiger partial charge in [0.1, 0.15) is 42.0 Å². The van der Waals surface area contributed by atoms with Crippen LogP contribution in [0.1, 0.15) is 107 Å². The van der Waals surface area contributed by atoms with Crippen LogP contribution in [0.15, 0.2) is 71.7 Å². The van der Waals surface area contributed by atoms with Gasteiger partial charge in [0, 0.05) is 69.9 Å². The Hall–Kier alpha value is -7.91. The van der Waals surface area contributed by atoms with Gasteiger partial charge in [-0.15, -0.1) is 0 Å². The Morgan fingerprint density at radius 1 is 0.736 bits per heavy atom. The molecule has 87 heavy (non-hydrogen) atoms. The molecule has 4 aliphatic rings. The van der Waals surface area contributed by atoms with Crippen LogP contribution < -0.4 is 54.0 Å². The van der Waals surface area contributed by atoms with Gasteiger partial charge in [0.2, 0.25) is 41.4 Å². The second kappa shape index (κ2) is 31.7. The molecule has 16 N–H and O–H groups in total. The maximum Gasteiger partial charge on any atom is 0.251 e. The molecule has 26 nitrogen and oxygen atoms in total. The topological polar surface area (TPSA) is 393 Å². The highest BCUT2D eigenvalue weighted by Crippen LogP contribution is 2.29. The summed E-state index contributed by atoms with van der Waals surface area (Å²) >= 11 is 0. The van der Waals surface area contributed by atoms with E-state index in [-0.39, 0.29) is 81.1 Å². The van der Waals surface area contributed by atoms with Gasteiger partial charge < -0.3 is 84.2 Å². The van der Waals surface area contributed by atoms with Crippen molar-refractivity contribution in [1.29, 1.82) is 0 Å². The van der Waals surface area contributed by atoms with Crippen LogP contribution in [0.4, 0.5) is 11.4 Å². The summed E-state index contributed by atoms with van der Waals surface area (Å²) in [5.74, 6) is -7.23. The Bertz CT molecular complexity index is 2900. The molecule has 0 saturated carbocycles. The van der Waals surface area contributed by atoms with E-state index in [2.05, 4.69) is 65.7 Å². The molecule has 474 valence electrons. The number of fused-ring (bicyclic) bond motifs is 2. The summed E-state index contributed by atoms with van der Waals surface area (Å²) in [4.78, 5) is 124. The summed E-state index contributed by atoms with van der Waals surface area (Å²) in [7, 11) is 0. The summed E-state index contributed by atoms with van der Waals surface area (Å²) < 4.78 is 0. The maximum atomic E-state index is 14.6. The quantitative estimate of drug-likeness (QED) is 0.0311. The van der Waals surface area contributed by atoms with Crippen molar-refractivity contribution in [2.45, 2.75) is 158 Å². The Kier molecular flexibility index (Phi) is 24.2. The van der Waals surface area contributed by atoms with E-state index >= 15 is 0 Å². The molecule has 0 unspecified atom stereocenters. The number of hydrogen-bond donors (Lipinski definition) is 13. The van der Waals surface area contributed by atoms with Gasteiger partial charge in [-0.25, -0.2) is 4.99 Å². The summed E-state index contributed by atoms with van der Waals surface area (Å²) in [5.41, 5.74) is 20.5. The molecule has 4 heterocycles. The maximum absolute atomic E-state index is 14.6. The van der Waals surface area contributed by atoms with Crippen LogP contribution in [0, 0.1) is 0 Å². The number of rotatable bonds is 19. The fraction of sp³-hybridized carbons (Fsp3) is 0.557. The van der Waals surface area contributed by atoms with Crippen molar-refractivity contribution in [3.8, 4) is 16.9 Å². The first kappa shape index (κ1) is 66.6. The lowest BCUT2D eigenvalue weighted by Gasteiger charge is -2.36. The number of unbranched alkanes of at least 4 members (excludes halogenated alkanes) is 5. The van der Waals surface area contributed by atoms with Crippen LogP contribution >= 0.6 is 0 Å². The highest BCUT2D eigenvalue weighted by Gasteiger charge is 2.46. The minimum Gasteiger partial charge on any atom is -0.506 e. The zero-order valence-corrected chi connectivity index (χ0v) is 50.0. The summed E-state index contributed by atoms with van der Waals surface area (Å²) in [6.07, 6.45) is 2.46. The zero-order valence-electron chi connectivity index (χ0n) is 50.0. The number of amides is 8. The van der Waals surface area contributed by atoms with Gasteiger partial charge >= 0.3 is 0 Å². The summed E-state index contributed by atoms with van der Waals surface area (Å²) in [6, 6.07) is 9.42. The van der Waals surface area contributed by atoms with E-state index in [9.17, 15) is 58.8 Å². The van der Waals surface area contributed by atoms with Crippen molar-refractivity contribution in [3.63, 3.8) is 0 Å². The number of aromatic hydroxyl groups is 1. The number of phenols is 1. The molecule has 0 radical (unpaired) electrons. The SMILES string of the molecule is CCCCCCCCN1CCN(c2ccc(-c3ccc(C(=O)N[C@H]4CCCNC(=O)[C@@H]5C[C@H](N=C(N)N)CN5C(=O)[C@H]([C@@H](C)O)NC(=O)[C@H](CCc5ccc(O)c(NC(=O)CN)c5)NC(=O)[C@@H]5C[C@@H](O)CN5C(=O)[C@H]([C@@H](C)O)NC4=O)cc3)cc2)CC1. The number of aryl methyl sites for hydroxylation is 1. The predicted molar refractivity (Wildman–Crippen MR) is 327 cm³/mol. The third kappa shape index (κ3) is 18.3. The summed E-state index contributed by atoms with van der Waals surface area (Å²) in [5, 5.41) is 59.5. The van der Waals surface area contributed by atoms with Gasteiger partial charge in [0.15, 0.2) is 5.96 Å². The monoisotopic (exact) mass is 1210 g/mol. The minimum atomic E-state index is -1.73. The number of hydrogen-bond acceptors (Lipinski definition) is 16. The first-order chi connectivity index (χ1) is 41.6. The van der Waals surface area contributed by atoms with E-state index in [1.54, 1.807) is 24.3 Å². The molecule has 0 bridgehead atoms. The lowest BCUT2D eigenvalue weighted by atomic mass is 10.0.